The number of amides is 1. The Morgan fingerprint density at radius 2 is 2.08 bits per heavy atom. The molecule has 1 amide bonds. The number of rotatable bonds is 6. The predicted octanol–water partition coefficient (Wildman–Crippen LogP) is 2.56. The number of methoxy groups -OCH3 is 2. The first-order valence-electron chi connectivity index (χ1n) is 8.05. The zero-order valence-electron chi connectivity index (χ0n) is 14.5. The van der Waals surface area contributed by atoms with Crippen LogP contribution < -0.4 is 14.8 Å². The maximum atomic E-state index is 12.8. The Balaban J connectivity index is 1.84. The number of nitrogens with one attached hydrogen (secondary N) is 1. The number of sulfonamides is 1. The zero-order chi connectivity index (χ0) is 18.7. The molecule has 3 rings (SSSR count). The van der Waals surface area contributed by atoms with Crippen molar-refractivity contribution in [2.45, 2.75) is 23.1 Å². The first kappa shape index (κ1) is 18.7. The summed E-state index contributed by atoms with van der Waals surface area (Å²) in [4.78, 5) is 12.8. The van der Waals surface area contributed by atoms with Gasteiger partial charge in [0, 0.05) is 12.6 Å². The number of carbonyl (C=O) groups is 1. The summed E-state index contributed by atoms with van der Waals surface area (Å²) in [7, 11) is -0.647. The van der Waals surface area contributed by atoms with Gasteiger partial charge < -0.3 is 14.8 Å². The minimum Gasteiger partial charge on any atom is -0.497 e. The van der Waals surface area contributed by atoms with E-state index in [4.69, 9.17) is 9.47 Å². The molecule has 1 atom stereocenters. The van der Waals surface area contributed by atoms with E-state index in [0.717, 1.165) is 11.3 Å². The third-order valence-electron chi connectivity index (χ3n) is 4.23. The molecule has 1 fully saturated rings. The number of hydrogen-bond donors (Lipinski definition) is 1. The smallest absolute Gasteiger partial charge is 0.253 e. The van der Waals surface area contributed by atoms with Crippen molar-refractivity contribution in [1.82, 2.24) is 4.31 Å². The van der Waals surface area contributed by atoms with E-state index >= 15 is 0 Å². The Morgan fingerprint density at radius 3 is 2.73 bits per heavy atom. The summed E-state index contributed by atoms with van der Waals surface area (Å²) in [6.07, 6.45) is 1.11. The molecular weight excluding hydrogens is 376 g/mol. The van der Waals surface area contributed by atoms with Crippen molar-refractivity contribution >= 4 is 33.0 Å². The number of hydrogen-bond acceptors (Lipinski definition) is 6. The Labute approximate surface area is 156 Å². The molecule has 9 heteroatoms. The molecule has 1 aromatic heterocycles. The van der Waals surface area contributed by atoms with Gasteiger partial charge in [-0.1, -0.05) is 6.07 Å². The minimum absolute atomic E-state index is 0.246. The van der Waals surface area contributed by atoms with Gasteiger partial charge in [-0.2, -0.15) is 4.31 Å². The summed E-state index contributed by atoms with van der Waals surface area (Å²) in [5.41, 5.74) is 0.442. The molecule has 1 N–H and O–H groups in total. The normalized spacial score (nSPS) is 17.8. The monoisotopic (exact) mass is 396 g/mol. The van der Waals surface area contributed by atoms with Gasteiger partial charge >= 0.3 is 0 Å². The molecule has 0 saturated carbocycles. The van der Waals surface area contributed by atoms with E-state index in [1.807, 2.05) is 0 Å². The molecule has 0 aliphatic carbocycles. The molecule has 2 heterocycles. The van der Waals surface area contributed by atoms with E-state index in [9.17, 15) is 13.2 Å². The van der Waals surface area contributed by atoms with Crippen LogP contribution in [0.1, 0.15) is 12.8 Å². The first-order chi connectivity index (χ1) is 12.5. The molecule has 1 aromatic carbocycles. The van der Waals surface area contributed by atoms with E-state index in [2.05, 4.69) is 5.32 Å². The quantitative estimate of drug-likeness (QED) is 0.811. The lowest BCUT2D eigenvalue weighted by Gasteiger charge is -2.23. The molecule has 2 aromatic rings. The van der Waals surface area contributed by atoms with E-state index in [0.29, 0.717) is 36.6 Å². The van der Waals surface area contributed by atoms with Crippen LogP contribution in [-0.2, 0) is 14.8 Å². The first-order valence-corrected chi connectivity index (χ1v) is 10.4. The average molecular weight is 396 g/mol. The lowest BCUT2D eigenvalue weighted by molar-refractivity contribution is -0.119. The molecule has 26 heavy (non-hydrogen) atoms. The molecule has 0 radical (unpaired) electrons. The van der Waals surface area contributed by atoms with Crippen molar-refractivity contribution in [2.75, 3.05) is 26.1 Å². The minimum atomic E-state index is -3.68. The second-order valence-corrected chi connectivity index (χ2v) is 8.83. The van der Waals surface area contributed by atoms with Crippen LogP contribution in [0.5, 0.6) is 11.5 Å². The molecule has 1 aliphatic heterocycles. The molecule has 140 valence electrons. The van der Waals surface area contributed by atoms with E-state index in [-0.39, 0.29) is 10.1 Å². The van der Waals surface area contributed by atoms with Crippen molar-refractivity contribution in [2.24, 2.45) is 0 Å². The number of benzene rings is 1. The largest absolute Gasteiger partial charge is 0.497 e. The summed E-state index contributed by atoms with van der Waals surface area (Å²) < 4.78 is 37.6. The Kier molecular flexibility index (Phi) is 5.49. The van der Waals surface area contributed by atoms with Gasteiger partial charge in [0.2, 0.25) is 5.91 Å². The SMILES string of the molecule is COc1ccc(OC)c(NC(=O)C2CCCN2S(=O)(=O)c2cccs2)c1. The predicted molar refractivity (Wildman–Crippen MR) is 99.4 cm³/mol. The van der Waals surface area contributed by atoms with Gasteiger partial charge in [-0.3, -0.25) is 4.79 Å². The van der Waals surface area contributed by atoms with Crippen molar-refractivity contribution in [3.05, 3.63) is 35.7 Å². The summed E-state index contributed by atoms with van der Waals surface area (Å²) in [6.45, 7) is 0.327. The summed E-state index contributed by atoms with van der Waals surface area (Å²) >= 11 is 1.15. The van der Waals surface area contributed by atoms with Crippen molar-refractivity contribution in [3.63, 3.8) is 0 Å². The fraction of sp³-hybridized carbons (Fsp3) is 0.353. The molecule has 7 nitrogen and oxygen atoms in total. The fourth-order valence-corrected chi connectivity index (χ4v) is 5.72. The van der Waals surface area contributed by atoms with Crippen LogP contribution in [0.4, 0.5) is 5.69 Å². The maximum absolute atomic E-state index is 12.8. The van der Waals surface area contributed by atoms with Gasteiger partial charge in [0.1, 0.15) is 21.8 Å². The van der Waals surface area contributed by atoms with Gasteiger partial charge in [0.05, 0.1) is 19.9 Å². The summed E-state index contributed by atoms with van der Waals surface area (Å²) in [5, 5.41) is 4.49. The third-order valence-corrected chi connectivity index (χ3v) is 7.51. The van der Waals surface area contributed by atoms with Crippen LogP contribution in [0.15, 0.2) is 39.9 Å². The number of nitrogens with zero attached hydrogens (tertiary/aromatic N) is 1. The molecule has 1 unspecified atom stereocenters. The topological polar surface area (TPSA) is 84.9 Å². The van der Waals surface area contributed by atoms with Crippen LogP contribution in [-0.4, -0.2) is 45.4 Å². The Morgan fingerprint density at radius 1 is 1.27 bits per heavy atom. The van der Waals surface area contributed by atoms with Crippen LogP contribution in [0.2, 0.25) is 0 Å². The number of ether oxygens (including phenoxy) is 2. The fourth-order valence-electron chi connectivity index (χ4n) is 2.94. The number of anilines is 1. The standard InChI is InChI=1S/C17H20N2O5S2/c1-23-12-7-8-15(24-2)13(11-12)18-17(20)14-5-3-9-19(14)26(21,22)16-6-4-10-25-16/h4,6-8,10-11,14H,3,5,9H2,1-2H3,(H,18,20). The lowest BCUT2D eigenvalue weighted by atomic mass is 10.2. The summed E-state index contributed by atoms with van der Waals surface area (Å²) in [5.74, 6) is 0.662. The second-order valence-electron chi connectivity index (χ2n) is 5.76. The molecule has 1 aliphatic rings. The zero-order valence-corrected chi connectivity index (χ0v) is 16.1. The van der Waals surface area contributed by atoms with Crippen LogP contribution >= 0.6 is 11.3 Å². The van der Waals surface area contributed by atoms with Crippen LogP contribution in [0.3, 0.4) is 0 Å². The van der Waals surface area contributed by atoms with E-state index < -0.39 is 16.1 Å². The van der Waals surface area contributed by atoms with Gasteiger partial charge in [-0.15, -0.1) is 11.3 Å². The number of thiophene rings is 1. The van der Waals surface area contributed by atoms with Crippen molar-refractivity contribution < 1.29 is 22.7 Å². The molecule has 0 spiro atoms. The Hall–Kier alpha value is -2.10. The highest BCUT2D eigenvalue weighted by Crippen LogP contribution is 2.32. The average Bonchev–Trinajstić information content (AvgIpc) is 3.33. The second kappa shape index (κ2) is 7.65. The van der Waals surface area contributed by atoms with Gasteiger partial charge in [0.15, 0.2) is 0 Å². The highest BCUT2D eigenvalue weighted by molar-refractivity contribution is 7.91. The van der Waals surface area contributed by atoms with E-state index in [1.54, 1.807) is 35.7 Å². The third kappa shape index (κ3) is 3.55. The van der Waals surface area contributed by atoms with Crippen LogP contribution in [0.25, 0.3) is 0 Å². The highest BCUT2D eigenvalue weighted by atomic mass is 32.2. The summed E-state index contributed by atoms with van der Waals surface area (Å²) in [6, 6.07) is 7.53. The molecule has 1 saturated heterocycles. The molecule has 0 bridgehead atoms. The highest BCUT2D eigenvalue weighted by Gasteiger charge is 2.40. The molecular formula is C17H20N2O5S2. The number of carbonyl (C=O) groups excluding carboxylic acids is 1. The Bertz CT molecular complexity index is 881. The lowest BCUT2D eigenvalue weighted by Crippen LogP contribution is -2.42. The maximum Gasteiger partial charge on any atom is 0.253 e. The van der Waals surface area contributed by atoms with Gasteiger partial charge in [-0.05, 0) is 36.4 Å². The van der Waals surface area contributed by atoms with Crippen LogP contribution in [0, 0.1) is 0 Å². The van der Waals surface area contributed by atoms with Gasteiger partial charge in [0.25, 0.3) is 10.0 Å². The van der Waals surface area contributed by atoms with Crippen molar-refractivity contribution in [1.29, 1.82) is 0 Å². The van der Waals surface area contributed by atoms with E-state index in [1.165, 1.54) is 18.5 Å². The van der Waals surface area contributed by atoms with Crippen molar-refractivity contribution in [3.8, 4) is 11.5 Å². The van der Waals surface area contributed by atoms with Gasteiger partial charge in [-0.25, -0.2) is 8.42 Å².